The van der Waals surface area contributed by atoms with Crippen LogP contribution in [0.2, 0.25) is 0 Å². The molecule has 0 radical (unpaired) electrons. The molecule has 0 aliphatic rings. The van der Waals surface area contributed by atoms with E-state index in [-0.39, 0.29) is 5.78 Å². The molecular weight excluding hydrogens is 335 g/mol. The predicted molar refractivity (Wildman–Crippen MR) is 82.6 cm³/mol. The van der Waals surface area contributed by atoms with Crippen LogP contribution in [0.5, 0.6) is 0 Å². The SMILES string of the molecule is C=C=CC(=O)c1cc(I)cc(-c2ccccc2)c1. The van der Waals surface area contributed by atoms with Gasteiger partial charge in [0, 0.05) is 15.2 Å². The van der Waals surface area contributed by atoms with Crippen molar-refractivity contribution < 1.29 is 4.79 Å². The van der Waals surface area contributed by atoms with Crippen LogP contribution in [0, 0.1) is 3.57 Å². The zero-order chi connectivity index (χ0) is 13.0. The van der Waals surface area contributed by atoms with Crippen LogP contribution in [-0.4, -0.2) is 5.78 Å². The average molecular weight is 346 g/mol. The third kappa shape index (κ3) is 2.97. The molecular formula is C16H11IO. The van der Waals surface area contributed by atoms with Gasteiger partial charge in [0.15, 0.2) is 5.78 Å². The number of ketones is 1. The van der Waals surface area contributed by atoms with Gasteiger partial charge in [0.2, 0.25) is 0 Å². The fraction of sp³-hybridized carbons (Fsp3) is 0. The molecule has 88 valence electrons. The average Bonchev–Trinajstić information content (AvgIpc) is 2.39. The van der Waals surface area contributed by atoms with Crippen molar-refractivity contribution in [2.75, 3.05) is 0 Å². The van der Waals surface area contributed by atoms with E-state index >= 15 is 0 Å². The second kappa shape index (κ2) is 5.80. The maximum absolute atomic E-state index is 11.8. The van der Waals surface area contributed by atoms with E-state index in [0.29, 0.717) is 5.56 Å². The van der Waals surface area contributed by atoms with Gasteiger partial charge in [-0.1, -0.05) is 36.9 Å². The Labute approximate surface area is 120 Å². The third-order valence-corrected chi connectivity index (χ3v) is 3.15. The quantitative estimate of drug-likeness (QED) is 0.347. The molecule has 0 atom stereocenters. The largest absolute Gasteiger partial charge is 0.289 e. The lowest BCUT2D eigenvalue weighted by Crippen LogP contribution is -1.95. The maximum Gasteiger partial charge on any atom is 0.193 e. The molecule has 2 aromatic rings. The minimum Gasteiger partial charge on any atom is -0.289 e. The number of carbonyl (C=O) groups is 1. The molecule has 0 saturated carbocycles. The third-order valence-electron chi connectivity index (χ3n) is 2.52. The van der Waals surface area contributed by atoms with E-state index in [9.17, 15) is 4.79 Å². The summed E-state index contributed by atoms with van der Waals surface area (Å²) in [5, 5.41) is 0. The first-order valence-corrected chi connectivity index (χ1v) is 6.55. The Morgan fingerprint density at radius 2 is 1.83 bits per heavy atom. The summed E-state index contributed by atoms with van der Waals surface area (Å²) in [6, 6.07) is 15.8. The number of halogens is 1. The fourth-order valence-corrected chi connectivity index (χ4v) is 2.38. The monoisotopic (exact) mass is 346 g/mol. The summed E-state index contributed by atoms with van der Waals surface area (Å²) < 4.78 is 1.04. The van der Waals surface area contributed by atoms with Crippen molar-refractivity contribution >= 4 is 28.4 Å². The number of benzene rings is 2. The molecule has 0 spiro atoms. The fourth-order valence-electron chi connectivity index (χ4n) is 1.71. The molecule has 2 heteroatoms. The molecule has 18 heavy (non-hydrogen) atoms. The highest BCUT2D eigenvalue weighted by Gasteiger charge is 2.06. The molecule has 0 bridgehead atoms. The first kappa shape index (κ1) is 12.8. The van der Waals surface area contributed by atoms with E-state index in [1.54, 1.807) is 0 Å². The van der Waals surface area contributed by atoms with Crippen LogP contribution in [-0.2, 0) is 0 Å². The van der Waals surface area contributed by atoms with Gasteiger partial charge in [-0.25, -0.2) is 0 Å². The van der Waals surface area contributed by atoms with Crippen molar-refractivity contribution in [3.8, 4) is 11.1 Å². The minimum absolute atomic E-state index is 0.0688. The van der Waals surface area contributed by atoms with Gasteiger partial charge in [-0.15, -0.1) is 5.73 Å². The van der Waals surface area contributed by atoms with E-state index in [4.69, 9.17) is 0 Å². The first-order valence-electron chi connectivity index (χ1n) is 5.47. The zero-order valence-corrected chi connectivity index (χ0v) is 11.8. The molecule has 0 heterocycles. The lowest BCUT2D eigenvalue weighted by Gasteiger charge is -2.05. The smallest absolute Gasteiger partial charge is 0.193 e. The number of hydrogen-bond donors (Lipinski definition) is 0. The second-order valence-electron chi connectivity index (χ2n) is 3.81. The van der Waals surface area contributed by atoms with Crippen LogP contribution in [0.3, 0.4) is 0 Å². The Morgan fingerprint density at radius 1 is 1.11 bits per heavy atom. The summed E-state index contributed by atoms with van der Waals surface area (Å²) in [5.41, 5.74) is 5.33. The van der Waals surface area contributed by atoms with E-state index in [2.05, 4.69) is 41.0 Å². The Balaban J connectivity index is 2.51. The highest BCUT2D eigenvalue weighted by Crippen LogP contribution is 2.23. The van der Waals surface area contributed by atoms with Gasteiger partial charge >= 0.3 is 0 Å². The molecule has 2 aromatic carbocycles. The predicted octanol–water partition coefficient (Wildman–Crippen LogP) is 4.48. The van der Waals surface area contributed by atoms with Crippen molar-refractivity contribution in [1.29, 1.82) is 0 Å². The summed E-state index contributed by atoms with van der Waals surface area (Å²) >= 11 is 2.22. The molecule has 1 nitrogen and oxygen atoms in total. The second-order valence-corrected chi connectivity index (χ2v) is 5.05. The number of carbonyl (C=O) groups excluding carboxylic acids is 1. The van der Waals surface area contributed by atoms with Crippen molar-refractivity contribution in [3.63, 3.8) is 0 Å². The highest BCUT2D eigenvalue weighted by molar-refractivity contribution is 14.1. The lowest BCUT2D eigenvalue weighted by molar-refractivity contribution is 0.104. The van der Waals surface area contributed by atoms with E-state index in [1.807, 2.05) is 42.5 Å². The van der Waals surface area contributed by atoms with Crippen molar-refractivity contribution in [3.05, 3.63) is 76.1 Å². The maximum atomic E-state index is 11.8. The first-order chi connectivity index (χ1) is 8.70. The van der Waals surface area contributed by atoms with E-state index in [1.165, 1.54) is 6.08 Å². The van der Waals surface area contributed by atoms with Crippen LogP contribution in [0.1, 0.15) is 10.4 Å². The van der Waals surface area contributed by atoms with Gasteiger partial charge < -0.3 is 0 Å². The van der Waals surface area contributed by atoms with E-state index in [0.717, 1.165) is 14.7 Å². The molecule has 0 unspecified atom stereocenters. The van der Waals surface area contributed by atoms with Crippen LogP contribution in [0.15, 0.2) is 66.9 Å². The van der Waals surface area contributed by atoms with Crippen LogP contribution in [0.25, 0.3) is 11.1 Å². The Morgan fingerprint density at radius 3 is 2.50 bits per heavy atom. The molecule has 0 N–H and O–H groups in total. The summed E-state index contributed by atoms with van der Waals surface area (Å²) in [6.45, 7) is 3.43. The van der Waals surface area contributed by atoms with Gasteiger partial charge in [-0.3, -0.25) is 4.79 Å². The summed E-state index contributed by atoms with van der Waals surface area (Å²) in [5.74, 6) is -0.0688. The molecule has 0 amide bonds. The van der Waals surface area contributed by atoms with Gasteiger partial charge in [0.25, 0.3) is 0 Å². The zero-order valence-electron chi connectivity index (χ0n) is 9.69. The van der Waals surface area contributed by atoms with Gasteiger partial charge in [0.1, 0.15) is 0 Å². The van der Waals surface area contributed by atoms with Crippen LogP contribution < -0.4 is 0 Å². The molecule has 0 aliphatic carbocycles. The van der Waals surface area contributed by atoms with Gasteiger partial charge in [-0.05, 0) is 51.9 Å². The number of rotatable bonds is 3. The minimum atomic E-state index is -0.0688. The van der Waals surface area contributed by atoms with Crippen LogP contribution >= 0.6 is 22.6 Å². The molecule has 2 rings (SSSR count). The molecule has 0 fully saturated rings. The van der Waals surface area contributed by atoms with Gasteiger partial charge in [-0.2, -0.15) is 0 Å². The standard InChI is InChI=1S/C16H11IO/c1-2-6-16(18)14-9-13(10-15(17)11-14)12-7-4-3-5-8-12/h3-11H,1H2. The highest BCUT2D eigenvalue weighted by atomic mass is 127. The van der Waals surface area contributed by atoms with Crippen molar-refractivity contribution in [1.82, 2.24) is 0 Å². The van der Waals surface area contributed by atoms with Crippen molar-refractivity contribution in [2.45, 2.75) is 0 Å². The van der Waals surface area contributed by atoms with E-state index < -0.39 is 0 Å². The number of hydrogen-bond acceptors (Lipinski definition) is 1. The summed E-state index contributed by atoms with van der Waals surface area (Å²) in [7, 11) is 0. The summed E-state index contributed by atoms with van der Waals surface area (Å²) in [6.07, 6.45) is 1.36. The molecule has 0 saturated heterocycles. The normalized spacial score (nSPS) is 9.61. The number of allylic oxidation sites excluding steroid dienone is 1. The molecule has 0 aromatic heterocycles. The van der Waals surface area contributed by atoms with Crippen LogP contribution in [0.4, 0.5) is 0 Å². The molecule has 0 aliphatic heterocycles. The lowest BCUT2D eigenvalue weighted by atomic mass is 10.0. The van der Waals surface area contributed by atoms with Crippen molar-refractivity contribution in [2.24, 2.45) is 0 Å². The summed E-state index contributed by atoms with van der Waals surface area (Å²) in [4.78, 5) is 11.8. The van der Waals surface area contributed by atoms with Gasteiger partial charge in [0.05, 0.1) is 0 Å². The topological polar surface area (TPSA) is 17.1 Å². The Bertz CT molecular complexity index is 623. The Hall–Kier alpha value is -1.64. The Kier molecular flexibility index (Phi) is 4.13.